The smallest absolute Gasteiger partial charge is 0.193 e. The van der Waals surface area contributed by atoms with Gasteiger partial charge in [-0.25, -0.2) is 0 Å². The highest BCUT2D eigenvalue weighted by molar-refractivity contribution is 6.10. The predicted molar refractivity (Wildman–Crippen MR) is 106 cm³/mol. The topological polar surface area (TPSA) is 81.6 Å². The van der Waals surface area contributed by atoms with Gasteiger partial charge in [0.2, 0.25) is 0 Å². The molecule has 0 spiro atoms. The number of carbonyl (C=O) groups excluding carboxylic acids is 1. The van der Waals surface area contributed by atoms with Crippen LogP contribution in [0.1, 0.15) is 41.6 Å². The Hall–Kier alpha value is -2.53. The number of hydrogen-bond donors (Lipinski definition) is 2. The number of anilines is 2. The van der Waals surface area contributed by atoms with Gasteiger partial charge in [-0.15, -0.1) is 0 Å². The van der Waals surface area contributed by atoms with Crippen LogP contribution in [0.15, 0.2) is 42.5 Å². The van der Waals surface area contributed by atoms with E-state index in [0.717, 1.165) is 25.1 Å². The van der Waals surface area contributed by atoms with E-state index in [0.29, 0.717) is 29.1 Å². The molecule has 5 nitrogen and oxygen atoms in total. The first kappa shape index (κ1) is 18.3. The number of ketones is 1. The zero-order valence-corrected chi connectivity index (χ0v) is 15.1. The molecule has 0 amide bonds. The molecule has 1 aliphatic heterocycles. The maximum atomic E-state index is 12.6. The van der Waals surface area contributed by atoms with E-state index in [4.69, 9.17) is 16.2 Å². The molecule has 3 rings (SSSR count). The quantitative estimate of drug-likeness (QED) is 0.432. The number of likely N-dealkylation sites (tertiary alicyclic amines) is 1. The van der Waals surface area contributed by atoms with Crippen molar-refractivity contribution in [3.8, 4) is 5.75 Å². The Kier molecular flexibility index (Phi) is 6.12. The van der Waals surface area contributed by atoms with Crippen LogP contribution in [-0.2, 0) is 0 Å². The lowest BCUT2D eigenvalue weighted by Gasteiger charge is -2.14. The summed E-state index contributed by atoms with van der Waals surface area (Å²) >= 11 is 0. The van der Waals surface area contributed by atoms with Gasteiger partial charge < -0.3 is 21.1 Å². The lowest BCUT2D eigenvalue weighted by Crippen LogP contribution is -2.20. The largest absolute Gasteiger partial charge is 0.494 e. The molecule has 0 saturated carbocycles. The van der Waals surface area contributed by atoms with Gasteiger partial charge in [0.15, 0.2) is 5.78 Å². The number of unbranched alkanes of at least 4 members (excludes halogenated alkanes) is 1. The summed E-state index contributed by atoms with van der Waals surface area (Å²) in [5.74, 6) is 0.636. The minimum Gasteiger partial charge on any atom is -0.494 e. The van der Waals surface area contributed by atoms with E-state index in [-0.39, 0.29) is 5.78 Å². The van der Waals surface area contributed by atoms with E-state index in [1.165, 1.54) is 25.9 Å². The molecule has 1 aliphatic rings. The van der Waals surface area contributed by atoms with E-state index >= 15 is 0 Å². The van der Waals surface area contributed by atoms with E-state index in [1.54, 1.807) is 30.3 Å². The highest BCUT2D eigenvalue weighted by atomic mass is 16.5. The van der Waals surface area contributed by atoms with Crippen LogP contribution in [0.4, 0.5) is 11.4 Å². The van der Waals surface area contributed by atoms with Crippen molar-refractivity contribution < 1.29 is 9.53 Å². The van der Waals surface area contributed by atoms with E-state index in [9.17, 15) is 4.79 Å². The van der Waals surface area contributed by atoms with Crippen molar-refractivity contribution in [1.29, 1.82) is 0 Å². The van der Waals surface area contributed by atoms with Gasteiger partial charge >= 0.3 is 0 Å². The third kappa shape index (κ3) is 4.76. The van der Waals surface area contributed by atoms with Crippen LogP contribution in [0.3, 0.4) is 0 Å². The lowest BCUT2D eigenvalue weighted by molar-refractivity contribution is 0.103. The van der Waals surface area contributed by atoms with Crippen LogP contribution in [0.5, 0.6) is 5.75 Å². The molecule has 138 valence electrons. The van der Waals surface area contributed by atoms with Gasteiger partial charge in [0, 0.05) is 11.1 Å². The molecule has 4 N–H and O–H groups in total. The van der Waals surface area contributed by atoms with Gasteiger partial charge in [-0.2, -0.15) is 0 Å². The van der Waals surface area contributed by atoms with Crippen molar-refractivity contribution in [2.45, 2.75) is 25.7 Å². The third-order valence-corrected chi connectivity index (χ3v) is 4.78. The number of nitrogen functional groups attached to an aromatic ring is 2. The molecule has 2 aromatic rings. The molecule has 0 atom stereocenters. The number of nitrogens with zero attached hydrogens (tertiary/aromatic N) is 1. The average molecular weight is 353 g/mol. The zero-order chi connectivity index (χ0) is 18.4. The molecule has 0 radical (unpaired) electrons. The second-order valence-electron chi connectivity index (χ2n) is 6.80. The van der Waals surface area contributed by atoms with E-state index < -0.39 is 0 Å². The standard InChI is InChI=1S/C21H27N3O2/c22-19-9-8-17(15-20(19)23)21(25)16-6-5-7-18(14-16)26-13-4-3-12-24-10-1-2-11-24/h5-9,14-15H,1-4,10-13,22-23H2. The normalized spacial score (nSPS) is 14.5. The number of nitrogens with two attached hydrogens (primary N) is 2. The highest BCUT2D eigenvalue weighted by Crippen LogP contribution is 2.21. The molecule has 0 bridgehead atoms. The summed E-state index contributed by atoms with van der Waals surface area (Å²) in [6.07, 6.45) is 4.82. The minimum absolute atomic E-state index is 0.0869. The number of hydrogen-bond acceptors (Lipinski definition) is 5. The van der Waals surface area contributed by atoms with E-state index in [1.807, 2.05) is 12.1 Å². The third-order valence-electron chi connectivity index (χ3n) is 4.78. The van der Waals surface area contributed by atoms with Crippen molar-refractivity contribution >= 4 is 17.2 Å². The number of ether oxygens (including phenoxy) is 1. The van der Waals surface area contributed by atoms with Crippen LogP contribution in [-0.4, -0.2) is 36.9 Å². The second kappa shape index (κ2) is 8.72. The van der Waals surface area contributed by atoms with E-state index in [2.05, 4.69) is 4.90 Å². The molecular formula is C21H27N3O2. The lowest BCUT2D eigenvalue weighted by atomic mass is 10.0. The first-order valence-corrected chi connectivity index (χ1v) is 9.28. The summed E-state index contributed by atoms with van der Waals surface area (Å²) in [5, 5.41) is 0. The summed E-state index contributed by atoms with van der Waals surface area (Å²) < 4.78 is 5.82. The first-order valence-electron chi connectivity index (χ1n) is 9.28. The molecule has 0 unspecified atom stereocenters. The van der Waals surface area contributed by atoms with Crippen LogP contribution in [0.25, 0.3) is 0 Å². The molecule has 2 aromatic carbocycles. The molecule has 1 heterocycles. The fraction of sp³-hybridized carbons (Fsp3) is 0.381. The first-order chi connectivity index (χ1) is 12.6. The Morgan fingerprint density at radius 2 is 1.73 bits per heavy atom. The second-order valence-corrected chi connectivity index (χ2v) is 6.80. The number of rotatable bonds is 8. The minimum atomic E-state index is -0.0869. The monoisotopic (exact) mass is 353 g/mol. The maximum Gasteiger partial charge on any atom is 0.193 e. The fourth-order valence-electron chi connectivity index (χ4n) is 3.24. The Balaban J connectivity index is 1.52. The van der Waals surface area contributed by atoms with Crippen LogP contribution in [0, 0.1) is 0 Å². The summed E-state index contributed by atoms with van der Waals surface area (Å²) in [5.41, 5.74) is 13.5. The van der Waals surface area contributed by atoms with Gasteiger partial charge in [-0.05, 0) is 75.6 Å². The van der Waals surface area contributed by atoms with Crippen LogP contribution >= 0.6 is 0 Å². The Bertz CT molecular complexity index is 755. The maximum absolute atomic E-state index is 12.6. The molecule has 26 heavy (non-hydrogen) atoms. The molecule has 0 aliphatic carbocycles. The van der Waals surface area contributed by atoms with Crippen LogP contribution in [0.2, 0.25) is 0 Å². The van der Waals surface area contributed by atoms with Gasteiger partial charge in [-0.1, -0.05) is 12.1 Å². The Morgan fingerprint density at radius 1 is 0.962 bits per heavy atom. The molecule has 0 aromatic heterocycles. The summed E-state index contributed by atoms with van der Waals surface area (Å²) in [6.45, 7) is 4.29. The highest BCUT2D eigenvalue weighted by Gasteiger charge is 2.12. The molecule has 1 fully saturated rings. The Labute approximate surface area is 154 Å². The van der Waals surface area contributed by atoms with Crippen molar-refractivity contribution in [3.05, 3.63) is 53.6 Å². The summed E-state index contributed by atoms with van der Waals surface area (Å²) in [7, 11) is 0. The zero-order valence-electron chi connectivity index (χ0n) is 15.1. The van der Waals surface area contributed by atoms with Crippen LogP contribution < -0.4 is 16.2 Å². The number of benzene rings is 2. The fourth-order valence-corrected chi connectivity index (χ4v) is 3.24. The Morgan fingerprint density at radius 3 is 2.50 bits per heavy atom. The van der Waals surface area contributed by atoms with Crippen molar-refractivity contribution in [2.24, 2.45) is 0 Å². The molecule has 1 saturated heterocycles. The summed E-state index contributed by atoms with van der Waals surface area (Å²) in [4.78, 5) is 15.1. The number of carbonyl (C=O) groups is 1. The van der Waals surface area contributed by atoms with Gasteiger partial charge in [-0.3, -0.25) is 4.79 Å². The van der Waals surface area contributed by atoms with Crippen molar-refractivity contribution in [1.82, 2.24) is 4.90 Å². The van der Waals surface area contributed by atoms with Crippen molar-refractivity contribution in [3.63, 3.8) is 0 Å². The predicted octanol–water partition coefficient (Wildman–Crippen LogP) is 3.34. The molecule has 5 heteroatoms. The SMILES string of the molecule is Nc1ccc(C(=O)c2cccc(OCCCCN3CCCC3)c2)cc1N. The van der Waals surface area contributed by atoms with Crippen molar-refractivity contribution in [2.75, 3.05) is 37.7 Å². The van der Waals surface area contributed by atoms with Gasteiger partial charge in [0.25, 0.3) is 0 Å². The average Bonchev–Trinajstić information content (AvgIpc) is 3.17. The van der Waals surface area contributed by atoms with Gasteiger partial charge in [0.05, 0.1) is 18.0 Å². The molecular weight excluding hydrogens is 326 g/mol. The van der Waals surface area contributed by atoms with Gasteiger partial charge in [0.1, 0.15) is 5.75 Å². The summed E-state index contributed by atoms with van der Waals surface area (Å²) in [6, 6.07) is 12.3.